The van der Waals surface area contributed by atoms with Crippen LogP contribution in [-0.2, 0) is 25.3 Å². The maximum Gasteiger partial charge on any atom is 0.573 e. The molecule has 2 aromatic carbocycles. The zero-order valence-electron chi connectivity index (χ0n) is 23.2. The van der Waals surface area contributed by atoms with Crippen molar-refractivity contribution in [3.05, 3.63) is 53.6 Å². The molecule has 13 heteroatoms. The third-order valence-corrected chi connectivity index (χ3v) is 8.13. The van der Waals surface area contributed by atoms with E-state index in [0.717, 1.165) is 0 Å². The number of piperidine rings is 1. The molecule has 2 amide bonds. The number of halogens is 3. The van der Waals surface area contributed by atoms with Crippen LogP contribution in [0.5, 0.6) is 11.5 Å². The third kappa shape index (κ3) is 6.17. The minimum atomic E-state index is -4.78. The number of fused-ring (bicyclic) bond motifs is 2. The van der Waals surface area contributed by atoms with Gasteiger partial charge in [-0.05, 0) is 63.0 Å². The van der Waals surface area contributed by atoms with Gasteiger partial charge in [0.2, 0.25) is 5.91 Å². The summed E-state index contributed by atoms with van der Waals surface area (Å²) >= 11 is 0. The fourth-order valence-electron chi connectivity index (χ4n) is 5.21. The standard InChI is InChI=1S/C28H32BF3N2O7/c1-26(2)27(3,4)41-29(40-26)18-7-10-21(20(12-18)25(33)36)38-24-17-13-34(14-22(24)37-15-17)23(35)11-16-5-8-19(9-6-16)39-28(30,31)32/h5-10,12,17,22,24H,11,13-15H2,1-4H3,(H2,33,36)/t17-,22+,24?/m0/s1. The van der Waals surface area contributed by atoms with Gasteiger partial charge >= 0.3 is 13.5 Å². The summed E-state index contributed by atoms with van der Waals surface area (Å²) in [4.78, 5) is 27.0. The van der Waals surface area contributed by atoms with Crippen LogP contribution in [0.2, 0.25) is 0 Å². The SMILES string of the molecule is CC1(C)OB(c2ccc(OC3[C@@H]4CO[C@@H]3CN(C(=O)Cc3ccc(OC(F)(F)F)cc3)C4)c(C(N)=O)c2)OC1(C)C. The molecular formula is C28H32BF3N2O7. The molecule has 0 radical (unpaired) electrons. The van der Waals surface area contributed by atoms with E-state index >= 15 is 0 Å². The fraction of sp³-hybridized carbons (Fsp3) is 0.500. The predicted molar refractivity (Wildman–Crippen MR) is 142 cm³/mol. The van der Waals surface area contributed by atoms with Crippen LogP contribution in [0.15, 0.2) is 42.5 Å². The van der Waals surface area contributed by atoms with Crippen molar-refractivity contribution in [2.24, 2.45) is 11.7 Å². The van der Waals surface area contributed by atoms with E-state index < -0.39 is 42.8 Å². The van der Waals surface area contributed by atoms with E-state index in [1.165, 1.54) is 24.3 Å². The Balaban J connectivity index is 1.23. The van der Waals surface area contributed by atoms with Crippen molar-refractivity contribution in [1.82, 2.24) is 4.90 Å². The minimum Gasteiger partial charge on any atom is -0.486 e. The molecule has 3 atom stereocenters. The first-order chi connectivity index (χ1) is 19.1. The Hall–Kier alpha value is -3.29. The number of nitrogens with two attached hydrogens (primary N) is 1. The molecule has 2 bridgehead atoms. The van der Waals surface area contributed by atoms with E-state index in [0.29, 0.717) is 29.9 Å². The first kappa shape index (κ1) is 29.2. The van der Waals surface area contributed by atoms with E-state index in [9.17, 15) is 22.8 Å². The van der Waals surface area contributed by atoms with E-state index in [4.69, 9.17) is 24.5 Å². The van der Waals surface area contributed by atoms with Gasteiger partial charge in [-0.15, -0.1) is 13.2 Å². The Kier molecular flexibility index (Phi) is 7.50. The molecule has 3 aliphatic rings. The summed E-state index contributed by atoms with van der Waals surface area (Å²) in [7, 11) is -0.672. The van der Waals surface area contributed by atoms with Crippen molar-refractivity contribution in [2.75, 3.05) is 19.7 Å². The fourth-order valence-corrected chi connectivity index (χ4v) is 5.21. The van der Waals surface area contributed by atoms with Gasteiger partial charge in [0.1, 0.15) is 23.7 Å². The van der Waals surface area contributed by atoms with Gasteiger partial charge < -0.3 is 34.2 Å². The smallest absolute Gasteiger partial charge is 0.486 e. The summed E-state index contributed by atoms with van der Waals surface area (Å²) < 4.78 is 65.5. The molecule has 3 fully saturated rings. The minimum absolute atomic E-state index is 0.0173. The zero-order chi connectivity index (χ0) is 29.7. The summed E-state index contributed by atoms with van der Waals surface area (Å²) in [6.07, 6.45) is -5.60. The van der Waals surface area contributed by atoms with Gasteiger partial charge in [0.15, 0.2) is 0 Å². The van der Waals surface area contributed by atoms with Gasteiger partial charge in [0, 0.05) is 12.5 Å². The second-order valence-electron chi connectivity index (χ2n) is 11.6. The van der Waals surface area contributed by atoms with Crippen LogP contribution in [-0.4, -0.2) is 73.3 Å². The molecule has 1 unspecified atom stereocenters. The number of likely N-dealkylation sites (tertiary alicyclic amines) is 1. The molecule has 2 aromatic rings. The normalized spacial score (nSPS) is 24.8. The maximum absolute atomic E-state index is 13.0. The van der Waals surface area contributed by atoms with E-state index in [1.54, 1.807) is 23.1 Å². The molecule has 0 aromatic heterocycles. The van der Waals surface area contributed by atoms with Gasteiger partial charge in [-0.2, -0.15) is 0 Å². The van der Waals surface area contributed by atoms with Crippen molar-refractivity contribution in [2.45, 2.75) is 63.9 Å². The van der Waals surface area contributed by atoms with Gasteiger partial charge in [0.25, 0.3) is 5.91 Å². The Bertz CT molecular complexity index is 1290. The molecular weight excluding hydrogens is 544 g/mol. The summed E-state index contributed by atoms with van der Waals surface area (Å²) in [5, 5.41) is 0. The van der Waals surface area contributed by atoms with Gasteiger partial charge in [-0.25, -0.2) is 0 Å². The highest BCUT2D eigenvalue weighted by molar-refractivity contribution is 6.62. The molecule has 0 saturated carbocycles. The van der Waals surface area contributed by atoms with Crippen LogP contribution in [0.3, 0.4) is 0 Å². The van der Waals surface area contributed by atoms with Crippen LogP contribution in [0.1, 0.15) is 43.6 Å². The number of carbonyl (C=O) groups excluding carboxylic acids is 2. The molecule has 3 aliphatic heterocycles. The third-order valence-electron chi connectivity index (χ3n) is 8.13. The van der Waals surface area contributed by atoms with Gasteiger partial charge in [-0.3, -0.25) is 9.59 Å². The lowest BCUT2D eigenvalue weighted by atomic mass is 9.78. The van der Waals surface area contributed by atoms with Crippen LogP contribution in [0.4, 0.5) is 13.2 Å². The predicted octanol–water partition coefficient (Wildman–Crippen LogP) is 2.83. The lowest BCUT2D eigenvalue weighted by Gasteiger charge is -2.36. The largest absolute Gasteiger partial charge is 0.573 e. The van der Waals surface area contributed by atoms with Gasteiger partial charge in [-0.1, -0.05) is 18.2 Å². The Morgan fingerprint density at radius 3 is 2.29 bits per heavy atom. The average Bonchev–Trinajstić information content (AvgIpc) is 3.22. The topological polar surface area (TPSA) is 110 Å². The molecule has 0 aliphatic carbocycles. The Morgan fingerprint density at radius 2 is 1.71 bits per heavy atom. The van der Waals surface area contributed by atoms with Gasteiger partial charge in [0.05, 0.1) is 36.3 Å². The van der Waals surface area contributed by atoms with E-state index in [1.807, 2.05) is 27.7 Å². The van der Waals surface area contributed by atoms with Crippen LogP contribution in [0, 0.1) is 5.92 Å². The molecule has 9 nitrogen and oxygen atoms in total. The van der Waals surface area contributed by atoms with Crippen molar-refractivity contribution < 1.29 is 46.3 Å². The first-order valence-electron chi connectivity index (χ1n) is 13.3. The Labute approximate surface area is 236 Å². The van der Waals surface area contributed by atoms with Crippen molar-refractivity contribution in [3.8, 4) is 11.5 Å². The van der Waals surface area contributed by atoms with Crippen molar-refractivity contribution >= 4 is 24.4 Å². The number of rotatable bonds is 7. The number of nitrogens with zero attached hydrogens (tertiary/aromatic N) is 1. The van der Waals surface area contributed by atoms with Crippen LogP contribution in [0.25, 0.3) is 0 Å². The zero-order valence-corrected chi connectivity index (χ0v) is 23.2. The number of amides is 2. The summed E-state index contributed by atoms with van der Waals surface area (Å²) in [6.45, 7) is 8.78. The van der Waals surface area contributed by atoms with Crippen LogP contribution >= 0.6 is 0 Å². The second kappa shape index (κ2) is 10.5. The first-order valence-corrected chi connectivity index (χ1v) is 13.3. The monoisotopic (exact) mass is 576 g/mol. The summed E-state index contributed by atoms with van der Waals surface area (Å²) in [6, 6.07) is 10.3. The highest BCUT2D eigenvalue weighted by atomic mass is 19.4. The number of carbonyl (C=O) groups is 2. The maximum atomic E-state index is 13.0. The number of benzene rings is 2. The lowest BCUT2D eigenvalue weighted by molar-refractivity contribution is -0.274. The number of alkyl halides is 3. The molecule has 220 valence electrons. The summed E-state index contributed by atoms with van der Waals surface area (Å²) in [5.74, 6) is -1.03. The van der Waals surface area contributed by atoms with Crippen molar-refractivity contribution in [1.29, 1.82) is 0 Å². The lowest BCUT2D eigenvalue weighted by Crippen LogP contribution is -2.52. The van der Waals surface area contributed by atoms with E-state index in [2.05, 4.69) is 4.74 Å². The van der Waals surface area contributed by atoms with Crippen molar-refractivity contribution in [3.63, 3.8) is 0 Å². The second-order valence-corrected chi connectivity index (χ2v) is 11.6. The molecule has 3 saturated heterocycles. The number of primary amides is 1. The quantitative estimate of drug-likeness (QED) is 0.505. The molecule has 2 N–H and O–H groups in total. The highest BCUT2D eigenvalue weighted by Gasteiger charge is 2.52. The van der Waals surface area contributed by atoms with Crippen LogP contribution < -0.4 is 20.7 Å². The number of hydrogen-bond acceptors (Lipinski definition) is 7. The number of hydrogen-bond donors (Lipinski definition) is 1. The highest BCUT2D eigenvalue weighted by Crippen LogP contribution is 2.37. The summed E-state index contributed by atoms with van der Waals surface area (Å²) in [5.41, 5.74) is 6.00. The number of ether oxygens (including phenoxy) is 3. The average molecular weight is 576 g/mol. The van der Waals surface area contributed by atoms with E-state index in [-0.39, 0.29) is 36.1 Å². The Morgan fingerprint density at radius 1 is 1.05 bits per heavy atom. The molecule has 0 spiro atoms. The molecule has 41 heavy (non-hydrogen) atoms. The molecule has 3 heterocycles. The molecule has 5 rings (SSSR count).